The van der Waals surface area contributed by atoms with Gasteiger partial charge in [0.2, 0.25) is 0 Å². The van der Waals surface area contributed by atoms with E-state index in [4.69, 9.17) is 9.15 Å². The molecule has 28 heavy (non-hydrogen) atoms. The van der Waals surface area contributed by atoms with Gasteiger partial charge in [-0.3, -0.25) is 9.59 Å². The molecule has 1 aliphatic rings. The van der Waals surface area contributed by atoms with Crippen LogP contribution in [0.15, 0.2) is 51.7 Å². The fourth-order valence-electron chi connectivity index (χ4n) is 3.81. The van der Waals surface area contributed by atoms with Crippen LogP contribution in [0, 0.1) is 5.92 Å². The molecule has 1 aliphatic heterocycles. The molecule has 0 bridgehead atoms. The molecule has 2 heterocycles. The van der Waals surface area contributed by atoms with Crippen molar-refractivity contribution in [3.63, 3.8) is 0 Å². The molecule has 3 aromatic rings. The number of amides is 1. The van der Waals surface area contributed by atoms with Gasteiger partial charge in [0.1, 0.15) is 11.1 Å². The lowest BCUT2D eigenvalue weighted by Gasteiger charge is -2.31. The predicted octanol–water partition coefficient (Wildman–Crippen LogP) is 3.36. The van der Waals surface area contributed by atoms with Crippen LogP contribution in [0.1, 0.15) is 30.1 Å². The molecule has 1 fully saturated rings. The van der Waals surface area contributed by atoms with Crippen LogP contribution in [-0.4, -0.2) is 36.5 Å². The Morgan fingerprint density at radius 3 is 2.82 bits per heavy atom. The summed E-state index contributed by atoms with van der Waals surface area (Å²) in [4.78, 5) is 39.1. The minimum Gasteiger partial charge on any atom is -0.466 e. The van der Waals surface area contributed by atoms with E-state index in [9.17, 15) is 14.4 Å². The smallest absolute Gasteiger partial charge is 0.349 e. The number of benzene rings is 2. The largest absolute Gasteiger partial charge is 0.466 e. The topological polar surface area (TPSA) is 76.8 Å². The second-order valence-corrected chi connectivity index (χ2v) is 6.99. The number of hydrogen-bond acceptors (Lipinski definition) is 5. The number of likely N-dealkylation sites (tertiary alicyclic amines) is 1. The first-order valence-electron chi connectivity index (χ1n) is 9.50. The van der Waals surface area contributed by atoms with Crippen LogP contribution in [0.5, 0.6) is 0 Å². The second-order valence-electron chi connectivity index (χ2n) is 6.99. The maximum Gasteiger partial charge on any atom is 0.349 e. The van der Waals surface area contributed by atoms with Crippen LogP contribution in [0.25, 0.3) is 21.7 Å². The van der Waals surface area contributed by atoms with E-state index in [-0.39, 0.29) is 24.0 Å². The fourth-order valence-corrected chi connectivity index (χ4v) is 3.81. The quantitative estimate of drug-likeness (QED) is 0.396. The highest BCUT2D eigenvalue weighted by Crippen LogP contribution is 2.26. The van der Waals surface area contributed by atoms with Gasteiger partial charge in [-0.2, -0.15) is 0 Å². The first-order valence-corrected chi connectivity index (χ1v) is 9.50. The molecule has 0 radical (unpaired) electrons. The molecular weight excluding hydrogens is 358 g/mol. The third-order valence-electron chi connectivity index (χ3n) is 5.20. The van der Waals surface area contributed by atoms with Crippen molar-refractivity contribution in [3.05, 3.63) is 58.4 Å². The maximum atomic E-state index is 13.0. The highest BCUT2D eigenvalue weighted by molar-refractivity contribution is 6.07. The van der Waals surface area contributed by atoms with Gasteiger partial charge < -0.3 is 14.1 Å². The summed E-state index contributed by atoms with van der Waals surface area (Å²) in [5.74, 6) is -1.06. The van der Waals surface area contributed by atoms with Gasteiger partial charge in [-0.25, -0.2) is 4.79 Å². The molecule has 144 valence electrons. The van der Waals surface area contributed by atoms with E-state index in [2.05, 4.69) is 0 Å². The Hall–Kier alpha value is -3.15. The molecule has 6 heteroatoms. The Morgan fingerprint density at radius 2 is 2.00 bits per heavy atom. The summed E-state index contributed by atoms with van der Waals surface area (Å²) in [6.07, 6.45) is 1.37. The van der Waals surface area contributed by atoms with E-state index in [0.717, 1.165) is 16.2 Å². The van der Waals surface area contributed by atoms with Crippen molar-refractivity contribution in [2.45, 2.75) is 19.8 Å². The van der Waals surface area contributed by atoms with E-state index in [0.29, 0.717) is 31.6 Å². The Bertz CT molecular complexity index is 1120. The standard InChI is InChI=1S/C22H21NO5/c1-2-27-21(25)15-7-5-11-23(13-15)20(24)18-12-17-16-8-4-3-6-14(16)9-10-19(17)28-22(18)26/h3-4,6,8-10,12,15H,2,5,7,11,13H2,1H3. The third kappa shape index (κ3) is 3.26. The Kier molecular flexibility index (Phi) is 4.86. The molecule has 0 saturated carbocycles. The first kappa shape index (κ1) is 18.2. The molecule has 1 aromatic heterocycles. The summed E-state index contributed by atoms with van der Waals surface area (Å²) < 4.78 is 10.5. The normalized spacial score (nSPS) is 17.0. The summed E-state index contributed by atoms with van der Waals surface area (Å²) >= 11 is 0. The lowest BCUT2D eigenvalue weighted by Crippen LogP contribution is -2.44. The zero-order valence-corrected chi connectivity index (χ0v) is 15.6. The zero-order valence-electron chi connectivity index (χ0n) is 15.6. The average Bonchev–Trinajstić information content (AvgIpc) is 2.73. The van der Waals surface area contributed by atoms with Gasteiger partial charge in [-0.15, -0.1) is 0 Å². The second kappa shape index (κ2) is 7.46. The molecule has 2 aromatic carbocycles. The van der Waals surface area contributed by atoms with Crippen molar-refractivity contribution in [3.8, 4) is 0 Å². The summed E-state index contributed by atoms with van der Waals surface area (Å²) in [5, 5.41) is 2.64. The Labute approximate surface area is 161 Å². The van der Waals surface area contributed by atoms with Gasteiger partial charge in [0.25, 0.3) is 5.91 Å². The van der Waals surface area contributed by atoms with Crippen molar-refractivity contribution < 1.29 is 18.7 Å². The first-order chi connectivity index (χ1) is 13.6. The molecule has 1 unspecified atom stereocenters. The monoisotopic (exact) mass is 379 g/mol. The molecule has 1 saturated heterocycles. The molecule has 6 nitrogen and oxygen atoms in total. The number of nitrogens with zero attached hydrogens (tertiary/aromatic N) is 1. The van der Waals surface area contributed by atoms with E-state index in [1.54, 1.807) is 24.0 Å². The van der Waals surface area contributed by atoms with Gasteiger partial charge >= 0.3 is 11.6 Å². The van der Waals surface area contributed by atoms with Crippen molar-refractivity contribution in [1.29, 1.82) is 0 Å². The van der Waals surface area contributed by atoms with Crippen molar-refractivity contribution in [2.24, 2.45) is 5.92 Å². The number of ether oxygens (including phenoxy) is 1. The van der Waals surface area contributed by atoms with Gasteiger partial charge in [-0.05, 0) is 42.7 Å². The van der Waals surface area contributed by atoms with Crippen LogP contribution >= 0.6 is 0 Å². The number of rotatable bonds is 3. The van der Waals surface area contributed by atoms with Crippen molar-refractivity contribution in [1.82, 2.24) is 4.90 Å². The van der Waals surface area contributed by atoms with Crippen LogP contribution in [0.2, 0.25) is 0 Å². The van der Waals surface area contributed by atoms with Crippen LogP contribution in [0.3, 0.4) is 0 Å². The third-order valence-corrected chi connectivity index (χ3v) is 5.20. The number of esters is 1. The number of hydrogen-bond donors (Lipinski definition) is 0. The molecule has 0 N–H and O–H groups in total. The fraction of sp³-hybridized carbons (Fsp3) is 0.318. The predicted molar refractivity (Wildman–Crippen MR) is 105 cm³/mol. The number of carbonyl (C=O) groups excluding carboxylic acids is 2. The Balaban J connectivity index is 1.70. The summed E-state index contributed by atoms with van der Waals surface area (Å²) in [6, 6.07) is 13.0. The number of carbonyl (C=O) groups is 2. The van der Waals surface area contributed by atoms with E-state index in [1.807, 2.05) is 30.3 Å². The number of piperidine rings is 1. The van der Waals surface area contributed by atoms with E-state index in [1.165, 1.54) is 0 Å². The summed E-state index contributed by atoms with van der Waals surface area (Å²) in [6.45, 7) is 2.82. The summed E-state index contributed by atoms with van der Waals surface area (Å²) in [5.41, 5.74) is -0.220. The average molecular weight is 379 g/mol. The highest BCUT2D eigenvalue weighted by atomic mass is 16.5. The zero-order chi connectivity index (χ0) is 19.7. The minimum absolute atomic E-state index is 0.00615. The van der Waals surface area contributed by atoms with Gasteiger partial charge in [-0.1, -0.05) is 30.3 Å². The lowest BCUT2D eigenvalue weighted by atomic mass is 9.97. The van der Waals surface area contributed by atoms with Crippen LogP contribution < -0.4 is 5.63 Å². The summed E-state index contributed by atoms with van der Waals surface area (Å²) in [7, 11) is 0. The molecule has 1 amide bonds. The van der Waals surface area contributed by atoms with Gasteiger partial charge in [0, 0.05) is 18.5 Å². The van der Waals surface area contributed by atoms with Gasteiger partial charge in [0.05, 0.1) is 12.5 Å². The van der Waals surface area contributed by atoms with Crippen molar-refractivity contribution in [2.75, 3.05) is 19.7 Å². The maximum absolute atomic E-state index is 13.0. The Morgan fingerprint density at radius 1 is 1.18 bits per heavy atom. The van der Waals surface area contributed by atoms with E-state index < -0.39 is 11.5 Å². The molecular formula is C22H21NO5. The van der Waals surface area contributed by atoms with Crippen LogP contribution in [-0.2, 0) is 9.53 Å². The molecule has 0 spiro atoms. The van der Waals surface area contributed by atoms with Crippen LogP contribution in [0.4, 0.5) is 0 Å². The number of fused-ring (bicyclic) bond motifs is 3. The molecule has 1 atom stereocenters. The highest BCUT2D eigenvalue weighted by Gasteiger charge is 2.31. The van der Waals surface area contributed by atoms with E-state index >= 15 is 0 Å². The molecule has 0 aliphatic carbocycles. The lowest BCUT2D eigenvalue weighted by molar-refractivity contribution is -0.149. The van der Waals surface area contributed by atoms with Crippen molar-refractivity contribution >= 4 is 33.6 Å². The SMILES string of the molecule is CCOC(=O)C1CCCN(C(=O)c2cc3c(ccc4ccccc43)oc2=O)C1. The van der Waals surface area contributed by atoms with Gasteiger partial charge in [0.15, 0.2) is 0 Å². The minimum atomic E-state index is -0.661. The molecule has 4 rings (SSSR count).